The van der Waals surface area contributed by atoms with Crippen molar-refractivity contribution in [2.75, 3.05) is 26.2 Å². The third-order valence-electron chi connectivity index (χ3n) is 5.46. The molecule has 2 aliphatic rings. The molecule has 1 unspecified atom stereocenters. The normalized spacial score (nSPS) is 23.2. The van der Waals surface area contributed by atoms with E-state index in [1.54, 1.807) is 0 Å². The molecular weight excluding hydrogens is 304 g/mol. The minimum atomic E-state index is 0.0957. The van der Waals surface area contributed by atoms with Crippen LogP contribution in [0.4, 0.5) is 0 Å². The second-order valence-electron chi connectivity index (χ2n) is 7.29. The Bertz CT molecular complexity index is 468. The third kappa shape index (κ3) is 5.32. The van der Waals surface area contributed by atoms with Crippen LogP contribution in [0.1, 0.15) is 61.0 Å². The van der Waals surface area contributed by atoms with Crippen LogP contribution in [0.25, 0.3) is 0 Å². The monoisotopic (exact) mass is 334 g/mol. The van der Waals surface area contributed by atoms with E-state index in [0.29, 0.717) is 5.92 Å². The number of piperidine rings is 1. The summed E-state index contributed by atoms with van der Waals surface area (Å²) in [5.74, 6) is 1.73. The molecule has 0 bridgehead atoms. The van der Waals surface area contributed by atoms with Crippen LogP contribution in [0.5, 0.6) is 0 Å². The number of rotatable bonds is 7. The van der Waals surface area contributed by atoms with Crippen LogP contribution < -0.4 is 5.32 Å². The lowest BCUT2D eigenvalue weighted by Gasteiger charge is -2.33. The predicted octanol–water partition coefficient (Wildman–Crippen LogP) is 4.16. The van der Waals surface area contributed by atoms with Crippen molar-refractivity contribution in [3.63, 3.8) is 0 Å². The zero-order valence-corrected chi connectivity index (χ0v) is 15.0. The van der Waals surface area contributed by atoms with Gasteiger partial charge < -0.3 is 10.2 Å². The molecule has 1 saturated carbocycles. The van der Waals surface area contributed by atoms with Crippen molar-refractivity contribution in [1.29, 1.82) is 0 Å². The fourth-order valence-corrected chi connectivity index (χ4v) is 4.80. The van der Waals surface area contributed by atoms with Gasteiger partial charge in [0.2, 0.25) is 0 Å². The van der Waals surface area contributed by atoms with Gasteiger partial charge in [-0.15, -0.1) is 11.3 Å². The molecule has 23 heavy (non-hydrogen) atoms. The minimum absolute atomic E-state index is 0.0957. The second kappa shape index (κ2) is 8.84. The average molecular weight is 335 g/mol. The quantitative estimate of drug-likeness (QED) is 0.812. The van der Waals surface area contributed by atoms with Crippen LogP contribution in [0.3, 0.4) is 0 Å². The van der Waals surface area contributed by atoms with E-state index < -0.39 is 0 Å². The summed E-state index contributed by atoms with van der Waals surface area (Å²) in [6.45, 7) is 4.50. The van der Waals surface area contributed by atoms with Crippen molar-refractivity contribution in [1.82, 2.24) is 10.2 Å². The molecule has 0 radical (unpaired) electrons. The molecule has 1 aliphatic heterocycles. The third-order valence-corrected chi connectivity index (χ3v) is 6.33. The van der Waals surface area contributed by atoms with E-state index in [9.17, 15) is 4.79 Å². The number of hydrogen-bond donors (Lipinski definition) is 1. The predicted molar refractivity (Wildman–Crippen MR) is 97.0 cm³/mol. The van der Waals surface area contributed by atoms with Crippen LogP contribution in [0.15, 0.2) is 17.5 Å². The van der Waals surface area contributed by atoms with E-state index in [-0.39, 0.29) is 5.91 Å². The summed E-state index contributed by atoms with van der Waals surface area (Å²) in [5, 5.41) is 5.08. The Labute approximate surface area is 144 Å². The molecule has 1 aromatic rings. The molecule has 1 amide bonds. The molecule has 1 aliphatic carbocycles. The van der Waals surface area contributed by atoms with E-state index in [2.05, 4.69) is 10.2 Å². The van der Waals surface area contributed by atoms with Crippen LogP contribution in [-0.4, -0.2) is 37.0 Å². The van der Waals surface area contributed by atoms with Gasteiger partial charge in [-0.1, -0.05) is 31.7 Å². The highest BCUT2D eigenvalue weighted by molar-refractivity contribution is 7.12. The van der Waals surface area contributed by atoms with Gasteiger partial charge in [0.15, 0.2) is 0 Å². The number of amides is 1. The lowest BCUT2D eigenvalue weighted by molar-refractivity contribution is 0.0935. The van der Waals surface area contributed by atoms with Gasteiger partial charge in [-0.3, -0.25) is 4.79 Å². The maximum absolute atomic E-state index is 12.0. The number of hydrogen-bond acceptors (Lipinski definition) is 3. The van der Waals surface area contributed by atoms with Gasteiger partial charge in [0.05, 0.1) is 4.88 Å². The minimum Gasteiger partial charge on any atom is -0.351 e. The topological polar surface area (TPSA) is 32.3 Å². The number of nitrogens with one attached hydrogen (secondary N) is 1. The first kappa shape index (κ1) is 17.0. The summed E-state index contributed by atoms with van der Waals surface area (Å²) >= 11 is 1.52. The Morgan fingerprint density at radius 2 is 2.04 bits per heavy atom. The maximum atomic E-state index is 12.0. The summed E-state index contributed by atoms with van der Waals surface area (Å²) < 4.78 is 0. The van der Waals surface area contributed by atoms with E-state index in [0.717, 1.165) is 23.9 Å². The number of likely N-dealkylation sites (tertiary alicyclic amines) is 1. The van der Waals surface area contributed by atoms with Crippen molar-refractivity contribution >= 4 is 17.2 Å². The first-order valence-corrected chi connectivity index (χ1v) is 10.2. The lowest BCUT2D eigenvalue weighted by Crippen LogP contribution is -2.41. The van der Waals surface area contributed by atoms with Crippen LogP contribution in [0.2, 0.25) is 0 Å². The molecule has 1 atom stereocenters. The molecule has 1 aromatic heterocycles. The molecule has 128 valence electrons. The molecule has 1 saturated heterocycles. The van der Waals surface area contributed by atoms with Crippen molar-refractivity contribution in [3.05, 3.63) is 22.4 Å². The van der Waals surface area contributed by atoms with Gasteiger partial charge in [-0.25, -0.2) is 0 Å². The Hall–Kier alpha value is -0.870. The Morgan fingerprint density at radius 1 is 1.22 bits per heavy atom. The van der Waals surface area contributed by atoms with Gasteiger partial charge in [0, 0.05) is 13.1 Å². The average Bonchev–Trinajstić information content (AvgIpc) is 3.26. The molecule has 0 aromatic carbocycles. The Morgan fingerprint density at radius 3 is 2.83 bits per heavy atom. The van der Waals surface area contributed by atoms with Crippen molar-refractivity contribution in [3.8, 4) is 0 Å². The fourth-order valence-electron chi connectivity index (χ4n) is 4.16. The highest BCUT2D eigenvalue weighted by atomic mass is 32.1. The number of thiophene rings is 1. The standard InChI is InChI=1S/C19H30N2OS/c22-19(18-10-5-13-23-18)20-14-17-9-4-12-21(15-17)11-3-8-16-6-1-2-7-16/h5,10,13,16-17H,1-4,6-9,11-12,14-15H2,(H,20,22). The van der Waals surface area contributed by atoms with E-state index in [1.165, 1.54) is 75.8 Å². The molecule has 3 rings (SSSR count). The summed E-state index contributed by atoms with van der Waals surface area (Å²) in [7, 11) is 0. The highest BCUT2D eigenvalue weighted by Crippen LogP contribution is 2.28. The van der Waals surface area contributed by atoms with E-state index in [4.69, 9.17) is 0 Å². The Kier molecular flexibility index (Phi) is 6.52. The SMILES string of the molecule is O=C(NCC1CCCN(CCCC2CCCC2)C1)c1cccs1. The molecule has 3 nitrogen and oxygen atoms in total. The van der Waals surface area contributed by atoms with Gasteiger partial charge in [0.25, 0.3) is 5.91 Å². The van der Waals surface area contributed by atoms with Crippen LogP contribution in [-0.2, 0) is 0 Å². The van der Waals surface area contributed by atoms with Crippen molar-refractivity contribution in [2.24, 2.45) is 11.8 Å². The summed E-state index contributed by atoms with van der Waals surface area (Å²) in [4.78, 5) is 15.5. The van der Waals surface area contributed by atoms with Gasteiger partial charge in [-0.2, -0.15) is 0 Å². The van der Waals surface area contributed by atoms with Crippen molar-refractivity contribution < 1.29 is 4.79 Å². The summed E-state index contributed by atoms with van der Waals surface area (Å²) in [6, 6.07) is 3.84. The number of carbonyl (C=O) groups is 1. The highest BCUT2D eigenvalue weighted by Gasteiger charge is 2.21. The zero-order valence-electron chi connectivity index (χ0n) is 14.1. The molecule has 2 fully saturated rings. The molecular formula is C19H30N2OS. The number of carbonyl (C=O) groups excluding carboxylic acids is 1. The maximum Gasteiger partial charge on any atom is 0.261 e. The van der Waals surface area contributed by atoms with Gasteiger partial charge >= 0.3 is 0 Å². The molecule has 0 spiro atoms. The van der Waals surface area contributed by atoms with Crippen molar-refractivity contribution in [2.45, 2.75) is 51.4 Å². The molecule has 2 heterocycles. The van der Waals surface area contributed by atoms with Gasteiger partial charge in [-0.05, 0) is 62.1 Å². The second-order valence-corrected chi connectivity index (χ2v) is 8.24. The first-order chi connectivity index (χ1) is 11.3. The fraction of sp³-hybridized carbons (Fsp3) is 0.737. The smallest absolute Gasteiger partial charge is 0.261 e. The molecule has 1 N–H and O–H groups in total. The first-order valence-electron chi connectivity index (χ1n) is 9.35. The largest absolute Gasteiger partial charge is 0.351 e. The van der Waals surface area contributed by atoms with E-state index in [1.807, 2.05) is 17.5 Å². The van der Waals surface area contributed by atoms with Crippen LogP contribution >= 0.6 is 11.3 Å². The Balaban J connectivity index is 1.33. The summed E-state index contributed by atoms with van der Waals surface area (Å²) in [5.41, 5.74) is 0. The van der Waals surface area contributed by atoms with E-state index >= 15 is 0 Å². The zero-order chi connectivity index (χ0) is 15.9. The van der Waals surface area contributed by atoms with Crippen LogP contribution in [0, 0.1) is 11.8 Å². The number of nitrogens with zero attached hydrogens (tertiary/aromatic N) is 1. The lowest BCUT2D eigenvalue weighted by atomic mass is 9.96. The summed E-state index contributed by atoms with van der Waals surface area (Å²) in [6.07, 6.45) is 11.2. The molecule has 4 heteroatoms. The van der Waals surface area contributed by atoms with Gasteiger partial charge in [0.1, 0.15) is 0 Å².